The maximum absolute atomic E-state index is 13.5. The van der Waals surface area contributed by atoms with Crippen molar-refractivity contribution in [3.05, 3.63) is 97.9 Å². The number of thiazole rings is 1. The van der Waals surface area contributed by atoms with E-state index in [2.05, 4.69) is 14.9 Å². The van der Waals surface area contributed by atoms with Crippen LogP contribution in [0.1, 0.15) is 35.5 Å². The Balaban J connectivity index is 1.46. The van der Waals surface area contributed by atoms with E-state index in [0.29, 0.717) is 18.7 Å². The van der Waals surface area contributed by atoms with Crippen molar-refractivity contribution in [3.63, 3.8) is 0 Å². The maximum Gasteiger partial charge on any atom is 0.362 e. The number of carbonyl (C=O) groups is 3. The van der Waals surface area contributed by atoms with Crippen LogP contribution in [0.2, 0.25) is 0 Å². The van der Waals surface area contributed by atoms with Crippen LogP contribution in [0.25, 0.3) is 0 Å². The summed E-state index contributed by atoms with van der Waals surface area (Å²) in [7, 11) is 0. The Morgan fingerprint density at radius 1 is 1.20 bits per heavy atom. The number of ether oxygens (including phenoxy) is 1. The molecular formula is C28H27N5O7S. The van der Waals surface area contributed by atoms with Gasteiger partial charge in [0.05, 0.1) is 39.8 Å². The van der Waals surface area contributed by atoms with Gasteiger partial charge in [0, 0.05) is 55.5 Å². The van der Waals surface area contributed by atoms with Gasteiger partial charge in [-0.3, -0.25) is 24.8 Å². The highest BCUT2D eigenvalue weighted by Crippen LogP contribution is 2.47. The Labute approximate surface area is 239 Å². The molecule has 1 aromatic carbocycles. The molecule has 0 unspecified atom stereocenters. The third-order valence-electron chi connectivity index (χ3n) is 7.40. The van der Waals surface area contributed by atoms with Crippen LogP contribution in [-0.2, 0) is 27.4 Å². The zero-order chi connectivity index (χ0) is 29.3. The molecule has 0 spiro atoms. The summed E-state index contributed by atoms with van der Waals surface area (Å²) in [4.78, 5) is 61.8. The summed E-state index contributed by atoms with van der Waals surface area (Å²) < 4.78 is 5.20. The number of aliphatic hydroxyl groups excluding tert-OH is 1. The van der Waals surface area contributed by atoms with Gasteiger partial charge in [-0.05, 0) is 36.3 Å². The minimum atomic E-state index is -0.998. The number of amides is 1. The molecule has 1 N–H and O–H groups in total. The van der Waals surface area contributed by atoms with Crippen molar-refractivity contribution in [1.82, 2.24) is 19.8 Å². The minimum Gasteiger partial charge on any atom is -0.393 e. The van der Waals surface area contributed by atoms with Crippen LogP contribution < -0.4 is 0 Å². The van der Waals surface area contributed by atoms with Gasteiger partial charge in [-0.2, -0.15) is 0 Å². The topological polar surface area (TPSA) is 156 Å². The van der Waals surface area contributed by atoms with Gasteiger partial charge < -0.3 is 14.7 Å². The van der Waals surface area contributed by atoms with Crippen LogP contribution in [0, 0.1) is 22.0 Å². The Kier molecular flexibility index (Phi) is 8.01. The number of β-lactam (4-membered cyclic amide) rings is 1. The Hall–Kier alpha value is -4.33. The molecule has 0 radical (unpaired) electrons. The number of hydrogen-bond donors (Lipinski definition) is 1. The van der Waals surface area contributed by atoms with Crippen LogP contribution in [0.3, 0.4) is 0 Å². The van der Waals surface area contributed by atoms with Crippen molar-refractivity contribution in [2.24, 2.45) is 11.8 Å². The SMILES string of the molecule is C[C@@H](O)[C@H]1C(=O)N2C(C(=O)OC(=O)c3ccc([N+](=O)[O-])cc3)=C(CN(Cc3cccnc3)Cc3cscn3)[C@H](C)[C@H]12. The van der Waals surface area contributed by atoms with Gasteiger partial charge in [-0.1, -0.05) is 13.0 Å². The van der Waals surface area contributed by atoms with E-state index < -0.39 is 40.8 Å². The molecule has 0 aliphatic carbocycles. The highest BCUT2D eigenvalue weighted by molar-refractivity contribution is 7.07. The van der Waals surface area contributed by atoms with E-state index in [0.717, 1.165) is 23.4 Å². The van der Waals surface area contributed by atoms with E-state index in [9.17, 15) is 29.6 Å². The molecule has 4 atom stereocenters. The van der Waals surface area contributed by atoms with Crippen LogP contribution in [0.15, 0.2) is 71.0 Å². The van der Waals surface area contributed by atoms with Gasteiger partial charge in [0.1, 0.15) is 5.70 Å². The van der Waals surface area contributed by atoms with Gasteiger partial charge in [0.2, 0.25) is 5.91 Å². The molecule has 1 fully saturated rings. The fraction of sp³-hybridized carbons (Fsp3) is 0.321. The molecule has 2 aliphatic heterocycles. The number of rotatable bonds is 10. The molecule has 4 heterocycles. The monoisotopic (exact) mass is 577 g/mol. The minimum absolute atomic E-state index is 0.0193. The number of esters is 2. The van der Waals surface area contributed by atoms with E-state index in [1.807, 2.05) is 24.4 Å². The summed E-state index contributed by atoms with van der Waals surface area (Å²) in [6.45, 7) is 4.62. The van der Waals surface area contributed by atoms with E-state index in [1.54, 1.807) is 17.9 Å². The lowest BCUT2D eigenvalue weighted by Crippen LogP contribution is -2.63. The number of non-ortho nitro benzene ring substituents is 1. The number of aromatic nitrogens is 2. The first-order valence-corrected chi connectivity index (χ1v) is 13.8. The lowest BCUT2D eigenvalue weighted by molar-refractivity contribution is -0.384. The molecule has 0 saturated carbocycles. The summed E-state index contributed by atoms with van der Waals surface area (Å²) in [5, 5.41) is 23.2. The summed E-state index contributed by atoms with van der Waals surface area (Å²) in [5.74, 6) is -3.41. The van der Waals surface area contributed by atoms with Crippen LogP contribution >= 0.6 is 11.3 Å². The van der Waals surface area contributed by atoms with Crippen molar-refractivity contribution in [3.8, 4) is 0 Å². The molecule has 1 saturated heterocycles. The Morgan fingerprint density at radius 3 is 2.56 bits per heavy atom. The molecule has 13 heteroatoms. The second-order valence-electron chi connectivity index (χ2n) is 10.1. The number of benzene rings is 1. The van der Waals surface area contributed by atoms with Crippen LogP contribution in [-0.4, -0.2) is 66.3 Å². The van der Waals surface area contributed by atoms with Gasteiger partial charge in [0.15, 0.2) is 0 Å². The van der Waals surface area contributed by atoms with Gasteiger partial charge in [-0.15, -0.1) is 11.3 Å². The number of aliphatic hydroxyl groups is 1. The zero-order valence-electron chi connectivity index (χ0n) is 22.2. The van der Waals surface area contributed by atoms with Crippen molar-refractivity contribution < 1.29 is 29.2 Å². The fourth-order valence-electron chi connectivity index (χ4n) is 5.46. The largest absolute Gasteiger partial charge is 0.393 e. The number of pyridine rings is 1. The van der Waals surface area contributed by atoms with Crippen LogP contribution in [0.4, 0.5) is 5.69 Å². The number of hydrogen-bond acceptors (Lipinski definition) is 11. The predicted molar refractivity (Wildman–Crippen MR) is 146 cm³/mol. The number of carbonyl (C=O) groups excluding carboxylic acids is 3. The van der Waals surface area contributed by atoms with E-state index in [1.165, 1.54) is 35.3 Å². The Morgan fingerprint density at radius 2 is 1.95 bits per heavy atom. The summed E-state index contributed by atoms with van der Waals surface area (Å²) in [6, 6.07) is 7.98. The third-order valence-corrected chi connectivity index (χ3v) is 8.04. The molecule has 41 heavy (non-hydrogen) atoms. The van der Waals surface area contributed by atoms with Crippen molar-refractivity contribution in [2.45, 2.75) is 39.1 Å². The van der Waals surface area contributed by atoms with Crippen LogP contribution in [0.5, 0.6) is 0 Å². The van der Waals surface area contributed by atoms with Gasteiger partial charge in [0.25, 0.3) is 5.69 Å². The molecule has 5 rings (SSSR count). The molecule has 12 nitrogen and oxygen atoms in total. The number of fused-ring (bicyclic) bond motifs is 1. The van der Waals surface area contributed by atoms with Crippen molar-refractivity contribution in [2.75, 3.05) is 6.54 Å². The molecule has 2 aliphatic rings. The summed E-state index contributed by atoms with van der Waals surface area (Å²) in [6.07, 6.45) is 2.50. The molecule has 2 aromatic heterocycles. The fourth-order valence-corrected chi connectivity index (χ4v) is 6.01. The average molecular weight is 578 g/mol. The van der Waals surface area contributed by atoms with Gasteiger partial charge >= 0.3 is 11.9 Å². The van der Waals surface area contributed by atoms with E-state index in [-0.39, 0.29) is 29.4 Å². The first-order chi connectivity index (χ1) is 19.7. The molecule has 3 aromatic rings. The number of nitrogens with zero attached hydrogens (tertiary/aromatic N) is 5. The predicted octanol–water partition coefficient (Wildman–Crippen LogP) is 2.94. The van der Waals surface area contributed by atoms with Gasteiger partial charge in [-0.25, -0.2) is 14.6 Å². The van der Waals surface area contributed by atoms with Crippen molar-refractivity contribution in [1.29, 1.82) is 0 Å². The van der Waals surface area contributed by atoms with Crippen molar-refractivity contribution >= 4 is 34.9 Å². The first-order valence-electron chi connectivity index (χ1n) is 12.9. The van der Waals surface area contributed by atoms with E-state index in [4.69, 9.17) is 4.74 Å². The normalized spacial score (nSPS) is 20.5. The summed E-state index contributed by atoms with van der Waals surface area (Å²) >= 11 is 1.47. The van der Waals surface area contributed by atoms with E-state index >= 15 is 0 Å². The highest BCUT2D eigenvalue weighted by Gasteiger charge is 2.60. The zero-order valence-corrected chi connectivity index (χ0v) is 23.1. The standard InChI is InChI=1S/C28H27N5O7S/c1-16-22(13-31(12-20-14-41-15-30-20)11-18-4-3-9-29-10-18)25(32-24(16)23(17(2)34)26(32)35)28(37)40-27(36)19-5-7-21(8-6-19)33(38)39/h3-10,14-17,23-24,34H,11-13H2,1-2H3/t16-,17+,23+,24+/m0/s1. The average Bonchev–Trinajstić information content (AvgIpc) is 3.53. The smallest absolute Gasteiger partial charge is 0.362 e. The quantitative estimate of drug-likeness (QED) is 0.125. The second kappa shape index (κ2) is 11.6. The number of nitro benzene ring substituents is 1. The molecular weight excluding hydrogens is 550 g/mol. The number of nitro groups is 1. The lowest BCUT2D eigenvalue weighted by atomic mass is 9.77. The highest BCUT2D eigenvalue weighted by atomic mass is 32.1. The Bertz CT molecular complexity index is 1490. The first kappa shape index (κ1) is 28.2. The molecule has 212 valence electrons. The molecule has 1 amide bonds. The summed E-state index contributed by atoms with van der Waals surface area (Å²) in [5.41, 5.74) is 3.83. The maximum atomic E-state index is 13.5. The lowest BCUT2D eigenvalue weighted by Gasteiger charge is -2.46. The third kappa shape index (κ3) is 5.64. The second-order valence-corrected chi connectivity index (χ2v) is 10.8. The molecule has 0 bridgehead atoms.